The average Bonchev–Trinajstić information content (AvgIpc) is 3.18. The molecule has 2 amide bonds. The van der Waals surface area contributed by atoms with Gasteiger partial charge in [-0.05, 0) is 25.5 Å². The molecule has 138 valence electrons. The quantitative estimate of drug-likeness (QED) is 0.793. The topological polar surface area (TPSA) is 65.2 Å². The summed E-state index contributed by atoms with van der Waals surface area (Å²) in [5.41, 5.74) is 0.130. The van der Waals surface area contributed by atoms with Crippen molar-refractivity contribution in [2.75, 3.05) is 11.9 Å². The molecule has 0 aliphatic carbocycles. The van der Waals surface area contributed by atoms with Gasteiger partial charge < -0.3 is 15.2 Å². The third kappa shape index (κ3) is 3.41. The zero-order chi connectivity index (χ0) is 19.0. The highest BCUT2D eigenvalue weighted by Crippen LogP contribution is 2.28. The second-order valence-corrected chi connectivity index (χ2v) is 6.50. The largest absolute Gasteiger partial charge is 0.342 e. The molecule has 1 fully saturated rings. The van der Waals surface area contributed by atoms with Gasteiger partial charge in [-0.25, -0.2) is 13.2 Å². The van der Waals surface area contributed by atoms with Crippen molar-refractivity contribution in [1.82, 2.24) is 9.88 Å². The van der Waals surface area contributed by atoms with Gasteiger partial charge in [-0.3, -0.25) is 9.59 Å². The van der Waals surface area contributed by atoms with Crippen LogP contribution in [0.1, 0.15) is 23.8 Å². The van der Waals surface area contributed by atoms with Crippen molar-refractivity contribution in [3.05, 3.63) is 52.6 Å². The predicted octanol–water partition coefficient (Wildman–Crippen LogP) is 3.57. The van der Waals surface area contributed by atoms with Crippen molar-refractivity contribution < 1.29 is 22.8 Å². The Labute approximate surface area is 152 Å². The molecule has 9 heteroatoms. The number of hydrogen-bond donors (Lipinski definition) is 2. The van der Waals surface area contributed by atoms with E-state index in [1.54, 1.807) is 19.1 Å². The Morgan fingerprint density at radius 2 is 1.88 bits per heavy atom. The second-order valence-electron chi connectivity index (χ2n) is 6.10. The molecule has 2 N–H and O–H groups in total. The molecule has 2 heterocycles. The number of aromatic amines is 1. The lowest BCUT2D eigenvalue weighted by atomic mass is 10.0. The number of benzene rings is 1. The average molecular weight is 386 g/mol. The maximum atomic E-state index is 13.3. The number of halogens is 4. The van der Waals surface area contributed by atoms with E-state index in [-0.39, 0.29) is 11.6 Å². The lowest BCUT2D eigenvalue weighted by molar-refractivity contribution is -0.120. The summed E-state index contributed by atoms with van der Waals surface area (Å²) in [5.74, 6) is -5.74. The molecule has 1 aliphatic heterocycles. The first-order valence-corrected chi connectivity index (χ1v) is 8.26. The van der Waals surface area contributed by atoms with Crippen LogP contribution in [0, 0.1) is 23.4 Å². The Bertz CT molecular complexity index is 848. The molecule has 5 nitrogen and oxygen atoms in total. The summed E-state index contributed by atoms with van der Waals surface area (Å²) in [7, 11) is 0. The van der Waals surface area contributed by atoms with Crippen LogP contribution in [-0.2, 0) is 4.79 Å². The number of hydrogen-bond acceptors (Lipinski definition) is 2. The van der Waals surface area contributed by atoms with E-state index < -0.39 is 35.3 Å². The van der Waals surface area contributed by atoms with Crippen molar-refractivity contribution in [1.29, 1.82) is 0 Å². The van der Waals surface area contributed by atoms with Crippen LogP contribution in [0.5, 0.6) is 0 Å². The number of amides is 2. The van der Waals surface area contributed by atoms with Crippen LogP contribution in [0.25, 0.3) is 0 Å². The molecular weight excluding hydrogens is 371 g/mol. The normalized spacial score (nSPS) is 19.7. The lowest BCUT2D eigenvalue weighted by Crippen LogP contribution is -2.39. The standard InChI is InChI=1S/C17H15ClF3N3O2/c1-8-10(4-5-24(8)17(26)13-2-3-14(18)23-13)16(25)22-9-6-11(19)15(21)12(20)7-9/h2-3,6-8,10,23H,4-5H2,1H3,(H,22,25)/t8-,10-/m0/s1. The minimum Gasteiger partial charge on any atom is -0.342 e. The van der Waals surface area contributed by atoms with Gasteiger partial charge in [0.2, 0.25) is 5.91 Å². The van der Waals surface area contributed by atoms with Crippen molar-refractivity contribution in [3.63, 3.8) is 0 Å². The highest BCUT2D eigenvalue weighted by Gasteiger charge is 2.38. The fraction of sp³-hybridized carbons (Fsp3) is 0.294. The number of carbonyl (C=O) groups is 2. The first-order valence-electron chi connectivity index (χ1n) is 7.89. The third-order valence-corrected chi connectivity index (χ3v) is 4.71. The summed E-state index contributed by atoms with van der Waals surface area (Å²) in [5, 5.41) is 2.70. The van der Waals surface area contributed by atoms with Gasteiger partial charge >= 0.3 is 0 Å². The number of carbonyl (C=O) groups excluding carboxylic acids is 2. The van der Waals surface area contributed by atoms with Crippen molar-refractivity contribution in [2.24, 2.45) is 5.92 Å². The zero-order valence-electron chi connectivity index (χ0n) is 13.7. The summed E-state index contributed by atoms with van der Waals surface area (Å²) >= 11 is 5.78. The van der Waals surface area contributed by atoms with Crippen LogP contribution in [-0.4, -0.2) is 34.3 Å². The Morgan fingerprint density at radius 1 is 1.23 bits per heavy atom. The van der Waals surface area contributed by atoms with E-state index in [4.69, 9.17) is 11.6 Å². The molecule has 1 aromatic carbocycles. The first-order chi connectivity index (χ1) is 12.3. The van der Waals surface area contributed by atoms with Crippen LogP contribution in [0.15, 0.2) is 24.3 Å². The molecule has 0 saturated carbocycles. The lowest BCUT2D eigenvalue weighted by Gasteiger charge is -2.24. The predicted molar refractivity (Wildman–Crippen MR) is 89.4 cm³/mol. The summed E-state index contributed by atoms with van der Waals surface area (Å²) < 4.78 is 39.5. The molecule has 2 aromatic rings. The highest BCUT2D eigenvalue weighted by atomic mass is 35.5. The number of likely N-dealkylation sites (tertiary alicyclic amines) is 1. The molecule has 0 spiro atoms. The van der Waals surface area contributed by atoms with E-state index in [9.17, 15) is 22.8 Å². The van der Waals surface area contributed by atoms with Gasteiger partial charge in [0, 0.05) is 30.4 Å². The molecule has 0 unspecified atom stereocenters. The van der Waals surface area contributed by atoms with Crippen molar-refractivity contribution in [3.8, 4) is 0 Å². The van der Waals surface area contributed by atoms with Crippen LogP contribution >= 0.6 is 11.6 Å². The summed E-state index contributed by atoms with van der Waals surface area (Å²) in [6, 6.07) is 4.09. The molecule has 0 radical (unpaired) electrons. The number of nitrogens with zero attached hydrogens (tertiary/aromatic N) is 1. The number of nitrogens with one attached hydrogen (secondary N) is 2. The van der Waals surface area contributed by atoms with Gasteiger partial charge in [-0.15, -0.1) is 0 Å². The third-order valence-electron chi connectivity index (χ3n) is 4.48. The summed E-state index contributed by atoms with van der Waals surface area (Å²) in [4.78, 5) is 29.2. The van der Waals surface area contributed by atoms with E-state index in [2.05, 4.69) is 10.3 Å². The van der Waals surface area contributed by atoms with Crippen LogP contribution in [0.4, 0.5) is 18.9 Å². The Balaban J connectivity index is 1.70. The van der Waals surface area contributed by atoms with E-state index >= 15 is 0 Å². The second kappa shape index (κ2) is 7.03. The van der Waals surface area contributed by atoms with Gasteiger partial charge in [-0.2, -0.15) is 0 Å². The van der Waals surface area contributed by atoms with Gasteiger partial charge in [0.15, 0.2) is 17.5 Å². The molecule has 0 bridgehead atoms. The summed E-state index contributed by atoms with van der Waals surface area (Å²) in [6.07, 6.45) is 0.388. The van der Waals surface area contributed by atoms with E-state index in [1.807, 2.05) is 0 Å². The Hall–Kier alpha value is -2.48. The zero-order valence-corrected chi connectivity index (χ0v) is 14.4. The smallest absolute Gasteiger partial charge is 0.270 e. The number of aromatic nitrogens is 1. The van der Waals surface area contributed by atoms with Gasteiger partial charge in [0.25, 0.3) is 5.91 Å². The monoisotopic (exact) mass is 385 g/mol. The van der Waals surface area contributed by atoms with Gasteiger partial charge in [0.1, 0.15) is 10.8 Å². The Morgan fingerprint density at radius 3 is 2.46 bits per heavy atom. The fourth-order valence-electron chi connectivity index (χ4n) is 3.09. The molecule has 1 aliphatic rings. The molecule has 26 heavy (non-hydrogen) atoms. The van der Waals surface area contributed by atoms with E-state index in [0.717, 1.165) is 0 Å². The van der Waals surface area contributed by atoms with Crippen LogP contribution in [0.2, 0.25) is 5.15 Å². The molecule has 2 atom stereocenters. The minimum absolute atomic E-state index is 0.181. The van der Waals surface area contributed by atoms with Crippen molar-refractivity contribution >= 4 is 29.1 Å². The molecule has 1 saturated heterocycles. The van der Waals surface area contributed by atoms with Crippen LogP contribution < -0.4 is 5.32 Å². The molecule has 3 rings (SSSR count). The van der Waals surface area contributed by atoms with Crippen LogP contribution in [0.3, 0.4) is 0 Å². The Kier molecular flexibility index (Phi) is 4.95. The maximum Gasteiger partial charge on any atom is 0.270 e. The number of anilines is 1. The number of H-pyrrole nitrogens is 1. The maximum absolute atomic E-state index is 13.3. The SMILES string of the molecule is C[C@H]1[C@@H](C(=O)Nc2cc(F)c(F)c(F)c2)CCN1C(=O)c1ccc(Cl)[nH]1. The van der Waals surface area contributed by atoms with Gasteiger partial charge in [-0.1, -0.05) is 11.6 Å². The fourth-order valence-corrected chi connectivity index (χ4v) is 3.25. The van der Waals surface area contributed by atoms with E-state index in [0.29, 0.717) is 35.9 Å². The highest BCUT2D eigenvalue weighted by molar-refractivity contribution is 6.29. The molecular formula is C17H15ClF3N3O2. The number of rotatable bonds is 3. The minimum atomic E-state index is -1.60. The van der Waals surface area contributed by atoms with E-state index in [1.165, 1.54) is 4.90 Å². The van der Waals surface area contributed by atoms with Gasteiger partial charge in [0.05, 0.1) is 5.92 Å². The van der Waals surface area contributed by atoms with Crippen molar-refractivity contribution in [2.45, 2.75) is 19.4 Å². The summed E-state index contributed by atoms with van der Waals surface area (Å²) in [6.45, 7) is 2.06. The first kappa shape index (κ1) is 18.3. The molecule has 1 aromatic heterocycles.